The number of rotatable bonds is 9. The first-order valence-electron chi connectivity index (χ1n) is 10.5. The van der Waals surface area contributed by atoms with Gasteiger partial charge in [-0.25, -0.2) is 0 Å². The number of nitrogens with zero attached hydrogens (tertiary/aromatic N) is 1. The standard InChI is InChI=1S/C25H25N3O4/c1-17(29)27-19-9-7-18(8-10-19)26-13-4-14-32-20-11-12-22-21-5-2-3-6-23(21)28(16-25(30)31)24(22)15-20/h2-3,5-12,15,26H,4,13-14,16H2,1H3,(H,27,29)(H,30,31). The van der Waals surface area contributed by atoms with Gasteiger partial charge in [0, 0.05) is 47.2 Å². The highest BCUT2D eigenvalue weighted by Gasteiger charge is 2.13. The number of carboxylic acid groups (broad SMARTS) is 1. The largest absolute Gasteiger partial charge is 0.493 e. The predicted octanol–water partition coefficient (Wildman–Crippen LogP) is 4.72. The minimum absolute atomic E-state index is 0.0932. The van der Waals surface area contributed by atoms with E-state index in [1.165, 1.54) is 6.92 Å². The number of anilines is 2. The molecule has 0 saturated heterocycles. The number of ether oxygens (including phenoxy) is 1. The molecular weight excluding hydrogens is 406 g/mol. The lowest BCUT2D eigenvalue weighted by atomic mass is 10.1. The highest BCUT2D eigenvalue weighted by atomic mass is 16.5. The van der Waals surface area contributed by atoms with Gasteiger partial charge in [-0.05, 0) is 48.9 Å². The molecule has 0 spiro atoms. The van der Waals surface area contributed by atoms with Gasteiger partial charge in [-0.15, -0.1) is 0 Å². The first-order chi connectivity index (χ1) is 15.5. The molecule has 0 aliphatic carbocycles. The van der Waals surface area contributed by atoms with Crippen LogP contribution in [0.25, 0.3) is 21.8 Å². The van der Waals surface area contributed by atoms with Crippen molar-refractivity contribution in [3.8, 4) is 5.75 Å². The number of fused-ring (bicyclic) bond motifs is 3. The van der Waals surface area contributed by atoms with Crippen molar-refractivity contribution in [1.82, 2.24) is 4.57 Å². The Morgan fingerprint density at radius 3 is 2.41 bits per heavy atom. The fourth-order valence-electron chi connectivity index (χ4n) is 3.79. The number of nitrogens with one attached hydrogen (secondary N) is 2. The number of amides is 1. The van der Waals surface area contributed by atoms with Crippen LogP contribution in [0.3, 0.4) is 0 Å². The minimum Gasteiger partial charge on any atom is -0.493 e. The molecular formula is C25H25N3O4. The van der Waals surface area contributed by atoms with Crippen LogP contribution < -0.4 is 15.4 Å². The summed E-state index contributed by atoms with van der Waals surface area (Å²) < 4.78 is 7.73. The van der Waals surface area contributed by atoms with Crippen LogP contribution in [0.2, 0.25) is 0 Å². The number of benzene rings is 3. The van der Waals surface area contributed by atoms with Crippen LogP contribution in [-0.2, 0) is 16.1 Å². The van der Waals surface area contributed by atoms with E-state index >= 15 is 0 Å². The van der Waals surface area contributed by atoms with Gasteiger partial charge in [0.05, 0.1) is 12.1 Å². The van der Waals surface area contributed by atoms with Crippen molar-refractivity contribution in [2.24, 2.45) is 0 Å². The summed E-state index contributed by atoms with van der Waals surface area (Å²) in [5.41, 5.74) is 3.49. The lowest BCUT2D eigenvalue weighted by molar-refractivity contribution is -0.137. The van der Waals surface area contributed by atoms with Gasteiger partial charge in [-0.1, -0.05) is 18.2 Å². The van der Waals surface area contributed by atoms with Gasteiger partial charge in [-0.2, -0.15) is 0 Å². The van der Waals surface area contributed by atoms with E-state index in [0.717, 1.165) is 46.1 Å². The Balaban J connectivity index is 1.37. The first-order valence-corrected chi connectivity index (χ1v) is 10.5. The lowest BCUT2D eigenvalue weighted by Gasteiger charge is -2.10. The molecule has 0 aliphatic rings. The molecule has 0 radical (unpaired) electrons. The van der Waals surface area contributed by atoms with Crippen LogP contribution in [0.5, 0.6) is 5.75 Å². The average molecular weight is 431 g/mol. The average Bonchev–Trinajstić information content (AvgIpc) is 3.07. The number of carbonyl (C=O) groups is 2. The zero-order valence-corrected chi connectivity index (χ0v) is 17.8. The molecule has 0 bridgehead atoms. The maximum Gasteiger partial charge on any atom is 0.323 e. The number of aromatic nitrogens is 1. The molecule has 3 N–H and O–H groups in total. The van der Waals surface area contributed by atoms with E-state index < -0.39 is 5.97 Å². The third-order valence-electron chi connectivity index (χ3n) is 5.16. The second-order valence-electron chi connectivity index (χ2n) is 7.56. The molecule has 7 nitrogen and oxygen atoms in total. The molecule has 1 amide bonds. The molecule has 4 aromatic rings. The highest BCUT2D eigenvalue weighted by molar-refractivity contribution is 6.08. The van der Waals surface area contributed by atoms with Crippen LogP contribution in [0, 0.1) is 0 Å². The predicted molar refractivity (Wildman–Crippen MR) is 126 cm³/mol. The monoisotopic (exact) mass is 431 g/mol. The summed E-state index contributed by atoms with van der Waals surface area (Å²) in [6.07, 6.45) is 0.795. The van der Waals surface area contributed by atoms with E-state index in [1.54, 1.807) is 0 Å². The number of para-hydroxylation sites is 1. The van der Waals surface area contributed by atoms with Gasteiger partial charge in [0.25, 0.3) is 0 Å². The lowest BCUT2D eigenvalue weighted by Crippen LogP contribution is -2.09. The van der Waals surface area contributed by atoms with E-state index in [2.05, 4.69) is 10.6 Å². The fourth-order valence-corrected chi connectivity index (χ4v) is 3.79. The summed E-state index contributed by atoms with van der Waals surface area (Å²) >= 11 is 0. The van der Waals surface area contributed by atoms with Crippen molar-refractivity contribution in [3.63, 3.8) is 0 Å². The fraction of sp³-hybridized carbons (Fsp3) is 0.200. The van der Waals surface area contributed by atoms with E-state index in [0.29, 0.717) is 12.4 Å². The molecule has 0 unspecified atom stereocenters. The van der Waals surface area contributed by atoms with Crippen molar-refractivity contribution < 1.29 is 19.4 Å². The third kappa shape index (κ3) is 4.83. The Hall–Kier alpha value is -4.00. The maximum absolute atomic E-state index is 11.4. The molecule has 0 aliphatic heterocycles. The highest BCUT2D eigenvalue weighted by Crippen LogP contribution is 2.31. The molecule has 32 heavy (non-hydrogen) atoms. The Morgan fingerprint density at radius 1 is 0.938 bits per heavy atom. The Bertz CT molecular complexity index is 1260. The molecule has 4 rings (SSSR count). The van der Waals surface area contributed by atoms with E-state index in [4.69, 9.17) is 4.74 Å². The summed E-state index contributed by atoms with van der Waals surface area (Å²) in [4.78, 5) is 22.5. The quantitative estimate of drug-likeness (QED) is 0.334. The van der Waals surface area contributed by atoms with Crippen molar-refractivity contribution in [2.45, 2.75) is 19.9 Å². The van der Waals surface area contributed by atoms with E-state index in [9.17, 15) is 14.7 Å². The smallest absolute Gasteiger partial charge is 0.323 e. The molecule has 0 atom stereocenters. The summed E-state index contributed by atoms with van der Waals surface area (Å²) in [5.74, 6) is -0.258. The summed E-state index contributed by atoms with van der Waals surface area (Å²) in [5, 5.41) is 17.5. The molecule has 7 heteroatoms. The zero-order chi connectivity index (χ0) is 22.5. The van der Waals surface area contributed by atoms with Gasteiger partial charge in [0.2, 0.25) is 5.91 Å². The van der Waals surface area contributed by atoms with Gasteiger partial charge in [0.1, 0.15) is 12.3 Å². The van der Waals surface area contributed by atoms with Gasteiger partial charge < -0.3 is 25.0 Å². The zero-order valence-electron chi connectivity index (χ0n) is 17.8. The second kappa shape index (κ2) is 9.43. The summed E-state index contributed by atoms with van der Waals surface area (Å²) in [7, 11) is 0. The van der Waals surface area contributed by atoms with E-state index in [-0.39, 0.29) is 12.5 Å². The minimum atomic E-state index is -0.879. The third-order valence-corrected chi connectivity index (χ3v) is 5.16. The number of aliphatic carboxylic acids is 1. The van der Waals surface area contributed by atoms with Crippen LogP contribution in [0.15, 0.2) is 66.7 Å². The molecule has 0 fully saturated rings. The van der Waals surface area contributed by atoms with Crippen molar-refractivity contribution >= 4 is 45.1 Å². The molecule has 1 aromatic heterocycles. The first kappa shape index (κ1) is 21.2. The van der Waals surface area contributed by atoms with Crippen LogP contribution in [0.4, 0.5) is 11.4 Å². The Morgan fingerprint density at radius 2 is 1.66 bits per heavy atom. The van der Waals surface area contributed by atoms with Gasteiger partial charge >= 0.3 is 5.97 Å². The molecule has 164 valence electrons. The van der Waals surface area contributed by atoms with E-state index in [1.807, 2.05) is 71.3 Å². The molecule has 0 saturated carbocycles. The summed E-state index contributed by atoms with van der Waals surface area (Å²) in [6.45, 7) is 2.65. The van der Waals surface area contributed by atoms with Crippen LogP contribution in [0.1, 0.15) is 13.3 Å². The van der Waals surface area contributed by atoms with Crippen molar-refractivity contribution in [3.05, 3.63) is 66.7 Å². The number of hydrogen-bond donors (Lipinski definition) is 3. The second-order valence-corrected chi connectivity index (χ2v) is 7.56. The van der Waals surface area contributed by atoms with Crippen LogP contribution in [-0.4, -0.2) is 34.7 Å². The molecule has 3 aromatic carbocycles. The Labute approximate surface area is 185 Å². The van der Waals surface area contributed by atoms with Gasteiger partial charge in [-0.3, -0.25) is 9.59 Å². The molecule has 1 heterocycles. The SMILES string of the molecule is CC(=O)Nc1ccc(NCCCOc2ccc3c4ccccc4n(CC(=O)O)c3c2)cc1. The Kier molecular flexibility index (Phi) is 6.26. The van der Waals surface area contributed by atoms with Gasteiger partial charge in [0.15, 0.2) is 0 Å². The number of hydrogen-bond acceptors (Lipinski definition) is 4. The van der Waals surface area contributed by atoms with Crippen molar-refractivity contribution in [1.29, 1.82) is 0 Å². The normalized spacial score (nSPS) is 10.9. The van der Waals surface area contributed by atoms with Crippen molar-refractivity contribution in [2.75, 3.05) is 23.8 Å². The number of carbonyl (C=O) groups excluding carboxylic acids is 1. The maximum atomic E-state index is 11.4. The summed E-state index contributed by atoms with van der Waals surface area (Å²) in [6, 6.07) is 21.2. The van der Waals surface area contributed by atoms with Crippen LogP contribution >= 0.6 is 0 Å². The topological polar surface area (TPSA) is 92.6 Å². The number of carboxylic acids is 1.